The fourth-order valence-corrected chi connectivity index (χ4v) is 7.92. The molecule has 1 aliphatic carbocycles. The Morgan fingerprint density at radius 2 is 1.58 bits per heavy atom. The highest BCUT2D eigenvalue weighted by atomic mass is 35.5. The van der Waals surface area contributed by atoms with E-state index in [1.54, 1.807) is 24.3 Å². The average molecular weight is 577 g/mol. The van der Waals surface area contributed by atoms with E-state index in [2.05, 4.69) is 39.2 Å². The number of carbonyl (C=O) groups excluding carboxylic acids is 1. The quantitative estimate of drug-likeness (QED) is 0.326. The predicted molar refractivity (Wildman–Crippen MR) is 157 cm³/mol. The third-order valence-electron chi connectivity index (χ3n) is 8.90. The molecular weight excluding hydrogens is 537 g/mol. The molecule has 2 aliphatic rings. The summed E-state index contributed by atoms with van der Waals surface area (Å²) in [6.07, 6.45) is 4.93. The molecule has 2 unspecified atom stereocenters. The number of carboxylic acid groups (broad SMARTS) is 1. The van der Waals surface area contributed by atoms with Crippen LogP contribution < -0.4 is 5.32 Å². The topological polar surface area (TPSA) is 75.6 Å². The van der Waals surface area contributed by atoms with Crippen LogP contribution in [0, 0.1) is 11.8 Å². The monoisotopic (exact) mass is 575 g/mol. The van der Waals surface area contributed by atoms with Crippen LogP contribution in [0.2, 0.25) is 28.2 Å². The second kappa shape index (κ2) is 11.3. The molecule has 0 aromatic heterocycles. The summed E-state index contributed by atoms with van der Waals surface area (Å²) in [7, 11) is -1.85. The van der Waals surface area contributed by atoms with Crippen LogP contribution in [0.4, 0.5) is 0 Å². The van der Waals surface area contributed by atoms with Gasteiger partial charge in [0.2, 0.25) is 5.91 Å². The number of benzene rings is 2. The van der Waals surface area contributed by atoms with E-state index in [1.807, 2.05) is 12.1 Å². The number of nitrogens with one attached hydrogen (secondary N) is 1. The van der Waals surface area contributed by atoms with E-state index in [0.29, 0.717) is 22.5 Å². The molecule has 5 nitrogen and oxygen atoms in total. The highest BCUT2D eigenvalue weighted by molar-refractivity contribution is 6.74. The maximum atomic E-state index is 12.9. The zero-order valence-corrected chi connectivity index (χ0v) is 25.5. The van der Waals surface area contributed by atoms with Crippen molar-refractivity contribution in [2.45, 2.75) is 83.0 Å². The van der Waals surface area contributed by atoms with E-state index in [9.17, 15) is 14.7 Å². The second-order valence-corrected chi connectivity index (χ2v) is 17.9. The van der Waals surface area contributed by atoms with Crippen molar-refractivity contribution in [3.63, 3.8) is 0 Å². The molecule has 0 radical (unpaired) electrons. The summed E-state index contributed by atoms with van der Waals surface area (Å²) in [6, 6.07) is 10.5. The van der Waals surface area contributed by atoms with E-state index in [1.165, 1.54) is 0 Å². The first-order chi connectivity index (χ1) is 17.8. The number of rotatable bonds is 7. The fraction of sp³-hybridized carbons (Fsp3) is 0.533. The Balaban J connectivity index is 1.60. The van der Waals surface area contributed by atoms with Gasteiger partial charge in [-0.25, -0.2) is 4.79 Å². The molecule has 2 atom stereocenters. The van der Waals surface area contributed by atoms with Crippen LogP contribution in [0.25, 0.3) is 11.1 Å². The molecule has 8 heteroatoms. The van der Waals surface area contributed by atoms with Crippen LogP contribution in [-0.4, -0.2) is 37.9 Å². The second-order valence-electron chi connectivity index (χ2n) is 12.4. The van der Waals surface area contributed by atoms with Gasteiger partial charge in [-0.15, -0.1) is 0 Å². The summed E-state index contributed by atoms with van der Waals surface area (Å²) in [4.78, 5) is 24.2. The number of aromatic carboxylic acids is 1. The number of amides is 1. The van der Waals surface area contributed by atoms with Gasteiger partial charge >= 0.3 is 5.97 Å². The van der Waals surface area contributed by atoms with Crippen LogP contribution in [0.1, 0.15) is 74.7 Å². The molecule has 2 N–H and O–H groups in total. The Kier molecular flexibility index (Phi) is 8.68. The van der Waals surface area contributed by atoms with Crippen molar-refractivity contribution in [1.82, 2.24) is 5.32 Å². The van der Waals surface area contributed by atoms with E-state index < -0.39 is 14.3 Å². The Hall–Kier alpha value is -1.86. The van der Waals surface area contributed by atoms with Crippen molar-refractivity contribution >= 4 is 43.4 Å². The number of carboxylic acids is 1. The highest BCUT2D eigenvalue weighted by Gasteiger charge is 2.43. The minimum atomic E-state index is -1.85. The number of halogens is 2. The van der Waals surface area contributed by atoms with Crippen LogP contribution in [0.5, 0.6) is 0 Å². The smallest absolute Gasteiger partial charge is 0.335 e. The molecule has 1 saturated carbocycles. The van der Waals surface area contributed by atoms with E-state index in [4.69, 9.17) is 27.6 Å². The first-order valence-electron chi connectivity index (χ1n) is 13.6. The van der Waals surface area contributed by atoms with Crippen molar-refractivity contribution in [1.29, 1.82) is 0 Å². The molecule has 1 amide bonds. The van der Waals surface area contributed by atoms with Gasteiger partial charge < -0.3 is 14.8 Å². The Morgan fingerprint density at radius 3 is 2.05 bits per heavy atom. The van der Waals surface area contributed by atoms with Crippen molar-refractivity contribution in [2.24, 2.45) is 11.8 Å². The SMILES string of the molecule is CC(C)(C)[Si](C)(C)OC1CCC(C(c2c(Cl)cc(-c3ccc(C(=O)O)cc3)cc2Cl)C2CCNC2=O)CC1. The first-order valence-corrected chi connectivity index (χ1v) is 17.2. The van der Waals surface area contributed by atoms with Crippen LogP contribution in [0.15, 0.2) is 36.4 Å². The third kappa shape index (κ3) is 6.14. The van der Waals surface area contributed by atoms with Gasteiger partial charge in [0.15, 0.2) is 8.32 Å². The van der Waals surface area contributed by atoms with Gasteiger partial charge in [0.05, 0.1) is 5.56 Å². The number of hydrogen-bond acceptors (Lipinski definition) is 3. The normalized spacial score (nSPS) is 23.2. The van der Waals surface area contributed by atoms with E-state index >= 15 is 0 Å². The summed E-state index contributed by atoms with van der Waals surface area (Å²) < 4.78 is 6.73. The van der Waals surface area contributed by atoms with Gasteiger partial charge in [-0.2, -0.15) is 0 Å². The fourth-order valence-electron chi connectivity index (χ4n) is 5.75. The molecule has 2 fully saturated rings. The molecular formula is C30H39Cl2NO4Si. The van der Waals surface area contributed by atoms with Crippen LogP contribution in [0.3, 0.4) is 0 Å². The number of carbonyl (C=O) groups is 2. The average Bonchev–Trinajstić information content (AvgIpc) is 3.26. The summed E-state index contributed by atoms with van der Waals surface area (Å²) in [5.74, 6) is -0.817. The third-order valence-corrected chi connectivity index (χ3v) is 14.1. The molecule has 2 aromatic rings. The largest absolute Gasteiger partial charge is 0.478 e. The van der Waals surface area contributed by atoms with Gasteiger partial charge in [0.1, 0.15) is 0 Å². The maximum Gasteiger partial charge on any atom is 0.335 e. The van der Waals surface area contributed by atoms with Crippen molar-refractivity contribution in [3.8, 4) is 11.1 Å². The Bertz CT molecular complexity index is 1160. The van der Waals surface area contributed by atoms with Gasteiger partial charge in [0, 0.05) is 34.5 Å². The lowest BCUT2D eigenvalue weighted by molar-refractivity contribution is -0.123. The Morgan fingerprint density at radius 1 is 1.00 bits per heavy atom. The zero-order chi connectivity index (χ0) is 27.8. The summed E-state index contributed by atoms with van der Waals surface area (Å²) >= 11 is 13.9. The zero-order valence-electron chi connectivity index (χ0n) is 22.9. The summed E-state index contributed by atoms with van der Waals surface area (Å²) in [6.45, 7) is 12.1. The molecule has 0 bridgehead atoms. The van der Waals surface area contributed by atoms with E-state index in [-0.39, 0.29) is 34.4 Å². The molecule has 1 heterocycles. The molecule has 2 aromatic carbocycles. The van der Waals surface area contributed by atoms with Gasteiger partial charge in [-0.05, 0) is 97.1 Å². The van der Waals surface area contributed by atoms with Gasteiger partial charge in [-0.1, -0.05) is 56.1 Å². The number of hydrogen-bond donors (Lipinski definition) is 2. The minimum Gasteiger partial charge on any atom is -0.478 e. The van der Waals surface area contributed by atoms with Crippen LogP contribution in [-0.2, 0) is 9.22 Å². The molecule has 38 heavy (non-hydrogen) atoms. The van der Waals surface area contributed by atoms with Crippen LogP contribution >= 0.6 is 23.2 Å². The standard InChI is InChI=1S/C30H39Cl2NO4Si/c1-30(2,3)38(4,5)37-22-12-10-19(11-13-22)26(23-14-15-33-28(23)34)27-24(31)16-21(17-25(27)32)18-6-8-20(9-7-18)29(35)36/h6-9,16-17,19,22-23,26H,10-15H2,1-5H3,(H,33,34)(H,35,36). The van der Waals surface area contributed by atoms with Crippen molar-refractivity contribution in [3.05, 3.63) is 57.6 Å². The van der Waals surface area contributed by atoms with Gasteiger partial charge in [0.25, 0.3) is 0 Å². The van der Waals surface area contributed by atoms with Crippen molar-refractivity contribution < 1.29 is 19.1 Å². The minimum absolute atomic E-state index is 0.0604. The molecule has 1 aliphatic heterocycles. The predicted octanol–water partition coefficient (Wildman–Crippen LogP) is 8.16. The lowest BCUT2D eigenvalue weighted by Gasteiger charge is -2.43. The molecule has 0 spiro atoms. The maximum absolute atomic E-state index is 12.9. The van der Waals surface area contributed by atoms with Crippen molar-refractivity contribution in [2.75, 3.05) is 6.54 Å². The van der Waals surface area contributed by atoms with Gasteiger partial charge in [-0.3, -0.25) is 4.79 Å². The lowest BCUT2D eigenvalue weighted by atomic mass is 9.69. The molecule has 206 valence electrons. The molecule has 1 saturated heterocycles. The lowest BCUT2D eigenvalue weighted by Crippen LogP contribution is -2.45. The summed E-state index contributed by atoms with van der Waals surface area (Å²) in [5.41, 5.74) is 2.74. The first kappa shape index (κ1) is 29.1. The van der Waals surface area contributed by atoms with E-state index in [0.717, 1.165) is 48.8 Å². The summed E-state index contributed by atoms with van der Waals surface area (Å²) in [5, 5.41) is 13.5. The Labute approximate surface area is 237 Å². The highest BCUT2D eigenvalue weighted by Crippen LogP contribution is 2.49. The molecule has 4 rings (SSSR count).